The molecule has 1 saturated carbocycles. The highest BCUT2D eigenvalue weighted by Gasteiger charge is 2.27. The largest absolute Gasteiger partial charge is 0.490 e. The molecule has 0 saturated heterocycles. The Morgan fingerprint density at radius 3 is 2.55 bits per heavy atom. The zero-order chi connectivity index (χ0) is 20.3. The molecule has 156 valence electrons. The third-order valence-corrected chi connectivity index (χ3v) is 7.38. The molecule has 0 amide bonds. The van der Waals surface area contributed by atoms with E-state index in [0.29, 0.717) is 29.6 Å². The van der Waals surface area contributed by atoms with E-state index in [-0.39, 0.29) is 12.6 Å². The first-order valence-corrected chi connectivity index (χ1v) is 12.0. The standard InChI is InChI=1S/C23H29NO4S/c1-2-27-22-10-6-9-19-15-20(16-28-23(19)22)24-29(25,26)21-13-11-18(12-14-21)17-7-4-3-5-8-17/h6,9-14,17,20,24H,2-5,7-8,15-16H2,1H3/t20-/m0/s1. The summed E-state index contributed by atoms with van der Waals surface area (Å²) in [5, 5.41) is 0. The quantitative estimate of drug-likeness (QED) is 0.759. The Morgan fingerprint density at radius 2 is 1.83 bits per heavy atom. The summed E-state index contributed by atoms with van der Waals surface area (Å²) in [5.74, 6) is 2.00. The number of nitrogens with one attached hydrogen (secondary N) is 1. The molecule has 1 aliphatic heterocycles. The van der Waals surface area contributed by atoms with Crippen LogP contribution in [0.1, 0.15) is 56.1 Å². The summed E-state index contributed by atoms with van der Waals surface area (Å²) in [5.41, 5.74) is 2.21. The highest BCUT2D eigenvalue weighted by molar-refractivity contribution is 7.89. The average molecular weight is 416 g/mol. The fraction of sp³-hybridized carbons (Fsp3) is 0.478. The van der Waals surface area contributed by atoms with Crippen LogP contribution in [0.15, 0.2) is 47.4 Å². The van der Waals surface area contributed by atoms with Gasteiger partial charge in [-0.2, -0.15) is 0 Å². The van der Waals surface area contributed by atoms with E-state index in [9.17, 15) is 8.42 Å². The molecule has 0 unspecified atom stereocenters. The molecule has 2 aromatic carbocycles. The topological polar surface area (TPSA) is 64.6 Å². The van der Waals surface area contributed by atoms with Crippen molar-refractivity contribution in [1.29, 1.82) is 0 Å². The molecule has 4 rings (SSSR count). The van der Waals surface area contributed by atoms with E-state index in [1.54, 1.807) is 12.1 Å². The van der Waals surface area contributed by atoms with Crippen molar-refractivity contribution in [3.05, 3.63) is 53.6 Å². The van der Waals surface area contributed by atoms with Crippen molar-refractivity contribution in [1.82, 2.24) is 4.72 Å². The molecule has 1 atom stereocenters. The summed E-state index contributed by atoms with van der Waals surface area (Å²) < 4.78 is 40.0. The van der Waals surface area contributed by atoms with Gasteiger partial charge >= 0.3 is 0 Å². The van der Waals surface area contributed by atoms with Gasteiger partial charge in [0, 0.05) is 0 Å². The maximum absolute atomic E-state index is 12.9. The highest BCUT2D eigenvalue weighted by atomic mass is 32.2. The second-order valence-electron chi connectivity index (χ2n) is 7.91. The molecule has 5 nitrogen and oxygen atoms in total. The number of hydrogen-bond donors (Lipinski definition) is 1. The van der Waals surface area contributed by atoms with Crippen molar-refractivity contribution in [2.45, 2.75) is 62.3 Å². The number of ether oxygens (including phenoxy) is 2. The van der Waals surface area contributed by atoms with Gasteiger partial charge in [-0.05, 0) is 61.4 Å². The summed E-state index contributed by atoms with van der Waals surface area (Å²) in [7, 11) is -3.59. The fourth-order valence-electron chi connectivity index (χ4n) is 4.38. The monoisotopic (exact) mass is 415 g/mol. The van der Waals surface area contributed by atoms with E-state index in [1.165, 1.54) is 37.7 Å². The van der Waals surface area contributed by atoms with E-state index >= 15 is 0 Å². The van der Waals surface area contributed by atoms with Crippen molar-refractivity contribution in [3.8, 4) is 11.5 Å². The van der Waals surface area contributed by atoms with Crippen molar-refractivity contribution in [2.24, 2.45) is 0 Å². The van der Waals surface area contributed by atoms with Crippen LogP contribution in [0.5, 0.6) is 11.5 Å². The molecule has 1 heterocycles. The molecule has 1 fully saturated rings. The van der Waals surface area contributed by atoms with E-state index in [1.807, 2.05) is 37.3 Å². The Balaban J connectivity index is 1.44. The van der Waals surface area contributed by atoms with Crippen LogP contribution in [0, 0.1) is 0 Å². The van der Waals surface area contributed by atoms with Crippen LogP contribution in [0.3, 0.4) is 0 Å². The Hall–Kier alpha value is -2.05. The number of para-hydroxylation sites is 1. The normalized spacial score (nSPS) is 20.0. The van der Waals surface area contributed by atoms with Crippen molar-refractivity contribution in [3.63, 3.8) is 0 Å². The molecule has 2 aliphatic rings. The molecule has 29 heavy (non-hydrogen) atoms. The van der Waals surface area contributed by atoms with Crippen LogP contribution in [0.25, 0.3) is 0 Å². The van der Waals surface area contributed by atoms with Crippen LogP contribution in [0.2, 0.25) is 0 Å². The lowest BCUT2D eigenvalue weighted by Crippen LogP contribution is -2.42. The summed E-state index contributed by atoms with van der Waals surface area (Å²) in [6, 6.07) is 12.9. The second-order valence-corrected chi connectivity index (χ2v) is 9.63. The van der Waals surface area contributed by atoms with Crippen molar-refractivity contribution in [2.75, 3.05) is 13.2 Å². The third-order valence-electron chi connectivity index (χ3n) is 5.84. The van der Waals surface area contributed by atoms with Gasteiger partial charge in [0.1, 0.15) is 6.61 Å². The van der Waals surface area contributed by atoms with Crippen LogP contribution in [0.4, 0.5) is 0 Å². The lowest BCUT2D eigenvalue weighted by atomic mass is 9.84. The summed E-state index contributed by atoms with van der Waals surface area (Å²) in [6.07, 6.45) is 6.82. The van der Waals surface area contributed by atoms with Crippen LogP contribution in [-0.2, 0) is 16.4 Å². The molecular formula is C23H29NO4S. The van der Waals surface area contributed by atoms with Gasteiger partial charge in [-0.1, -0.05) is 43.5 Å². The van der Waals surface area contributed by atoms with Gasteiger partial charge in [0.2, 0.25) is 10.0 Å². The second kappa shape index (κ2) is 8.76. The Morgan fingerprint density at radius 1 is 1.07 bits per heavy atom. The van der Waals surface area contributed by atoms with Crippen LogP contribution < -0.4 is 14.2 Å². The third kappa shape index (κ3) is 4.59. The zero-order valence-corrected chi connectivity index (χ0v) is 17.7. The number of sulfonamides is 1. The number of hydrogen-bond acceptors (Lipinski definition) is 4. The van der Waals surface area contributed by atoms with Gasteiger partial charge in [-0.3, -0.25) is 0 Å². The molecule has 1 aliphatic carbocycles. The van der Waals surface area contributed by atoms with E-state index in [2.05, 4.69) is 4.72 Å². The van der Waals surface area contributed by atoms with E-state index in [4.69, 9.17) is 9.47 Å². The van der Waals surface area contributed by atoms with Crippen molar-refractivity contribution < 1.29 is 17.9 Å². The van der Waals surface area contributed by atoms with Crippen LogP contribution >= 0.6 is 0 Å². The van der Waals surface area contributed by atoms with Gasteiger partial charge in [0.25, 0.3) is 0 Å². The molecule has 2 aromatic rings. The van der Waals surface area contributed by atoms with E-state index in [0.717, 1.165) is 11.3 Å². The first-order valence-electron chi connectivity index (χ1n) is 10.6. The van der Waals surface area contributed by atoms with Gasteiger partial charge in [-0.15, -0.1) is 0 Å². The Bertz CT molecular complexity index is 934. The SMILES string of the molecule is CCOc1cccc2c1OC[C@@H](NS(=O)(=O)c1ccc(C3CCCCC3)cc1)C2. The zero-order valence-electron chi connectivity index (χ0n) is 16.9. The molecule has 0 radical (unpaired) electrons. The summed E-state index contributed by atoms with van der Waals surface area (Å²) in [6.45, 7) is 2.78. The summed E-state index contributed by atoms with van der Waals surface area (Å²) in [4.78, 5) is 0.311. The number of benzene rings is 2. The predicted octanol–water partition coefficient (Wildman–Crippen LogP) is 4.42. The predicted molar refractivity (Wildman–Crippen MR) is 113 cm³/mol. The first kappa shape index (κ1) is 20.2. The molecule has 1 N–H and O–H groups in total. The number of fused-ring (bicyclic) bond motifs is 1. The maximum Gasteiger partial charge on any atom is 0.240 e. The Labute approximate surface area is 173 Å². The van der Waals surface area contributed by atoms with Gasteiger partial charge in [0.15, 0.2) is 11.5 Å². The van der Waals surface area contributed by atoms with Gasteiger partial charge < -0.3 is 9.47 Å². The minimum absolute atomic E-state index is 0.288. The van der Waals surface area contributed by atoms with E-state index < -0.39 is 10.0 Å². The molecular weight excluding hydrogens is 386 g/mol. The Kier molecular flexibility index (Phi) is 6.11. The molecule has 0 bridgehead atoms. The van der Waals surface area contributed by atoms with Crippen LogP contribution in [-0.4, -0.2) is 27.7 Å². The lowest BCUT2D eigenvalue weighted by Gasteiger charge is -2.27. The molecule has 0 spiro atoms. The van der Waals surface area contributed by atoms with Gasteiger partial charge in [0.05, 0.1) is 17.5 Å². The maximum atomic E-state index is 12.9. The van der Waals surface area contributed by atoms with Crippen molar-refractivity contribution >= 4 is 10.0 Å². The fourth-order valence-corrected chi connectivity index (χ4v) is 5.60. The molecule has 0 aromatic heterocycles. The first-order chi connectivity index (χ1) is 14.1. The highest BCUT2D eigenvalue weighted by Crippen LogP contribution is 2.35. The summed E-state index contributed by atoms with van der Waals surface area (Å²) >= 11 is 0. The lowest BCUT2D eigenvalue weighted by molar-refractivity contribution is 0.233. The van der Waals surface area contributed by atoms with Gasteiger partial charge in [-0.25, -0.2) is 13.1 Å². The minimum Gasteiger partial charge on any atom is -0.490 e. The smallest absolute Gasteiger partial charge is 0.240 e. The minimum atomic E-state index is -3.59. The average Bonchev–Trinajstić information content (AvgIpc) is 2.74. The number of rotatable bonds is 6. The molecule has 6 heteroatoms.